The van der Waals surface area contributed by atoms with Gasteiger partial charge in [0.2, 0.25) is 0 Å². The zero-order chi connectivity index (χ0) is 0. The molecule has 0 N–H and O–H groups in total. The molecule has 0 bridgehead atoms. The Morgan fingerprint density at radius 3 is 0.400 bits per heavy atom. The van der Waals surface area contributed by atoms with Crippen molar-refractivity contribution in [2.75, 3.05) is 0 Å². The van der Waals surface area contributed by atoms with E-state index in [-0.39, 0.29) is 121 Å². The second-order valence-corrected chi connectivity index (χ2v) is 0. The van der Waals surface area contributed by atoms with Crippen LogP contribution in [-0.4, -0.2) is 0 Å². The largest absolute Gasteiger partial charge is 3.00 e. The van der Waals surface area contributed by atoms with Gasteiger partial charge in [-0.25, -0.2) is 0 Å². The molecule has 0 unspecified atom stereocenters. The maximum absolute atomic E-state index is 0. The topological polar surface area (TPSA) is 0 Å². The average molecular weight is 397 g/mol. The Morgan fingerprint density at radius 2 is 0.400 bits per heavy atom. The van der Waals surface area contributed by atoms with Crippen LogP contribution in [0.3, 0.4) is 0 Å². The molecule has 0 nitrogen and oxygen atoms in total. The van der Waals surface area contributed by atoms with Gasteiger partial charge in [-0.1, -0.05) is 0 Å². The summed E-state index contributed by atoms with van der Waals surface area (Å²) in [5, 5.41) is 0. The fraction of sp³-hybridized carbons (Fsp3) is 0. The first-order valence-corrected chi connectivity index (χ1v) is 0. The van der Waals surface area contributed by atoms with Crippen molar-refractivity contribution in [3.05, 3.63) is 0 Å². The Balaban J connectivity index is 0. The molecule has 0 aromatic rings. The van der Waals surface area contributed by atoms with Crippen molar-refractivity contribution in [1.82, 2.24) is 0 Å². The molecule has 0 aliphatic carbocycles. The number of hydrogen-bond acceptors (Lipinski definition) is 0. The van der Waals surface area contributed by atoms with Gasteiger partial charge in [-0.3, -0.25) is 0 Å². The maximum atomic E-state index is 0. The third-order valence-corrected chi connectivity index (χ3v) is 0. The molecule has 0 aliphatic rings. The van der Waals surface area contributed by atoms with Crippen LogP contribution in [0.15, 0.2) is 0 Å². The number of hydrogen-bond donors (Lipinski definition) is 0. The van der Waals surface area contributed by atoms with E-state index in [2.05, 4.69) is 0 Å². The van der Waals surface area contributed by atoms with E-state index in [9.17, 15) is 0 Å². The first kappa shape index (κ1) is 37.5. The Hall–Kier alpha value is 3.73. The predicted molar refractivity (Wildman–Crippen MR) is 22.1 cm³/mol. The molecule has 0 saturated carbocycles. The molecular formula is S3Sm2. The van der Waals surface area contributed by atoms with E-state index in [0.717, 1.165) is 0 Å². The second kappa shape index (κ2) is 25.2. The molecule has 30 valence electrons. The first-order valence-electron chi connectivity index (χ1n) is 0. The van der Waals surface area contributed by atoms with Crippen molar-refractivity contribution < 1.29 is 80.8 Å². The predicted octanol–water partition coefficient (Wildman–Crippen LogP) is -0.00720. The number of rotatable bonds is 0. The van der Waals surface area contributed by atoms with Crippen LogP contribution in [0.2, 0.25) is 0 Å². The molecule has 0 aromatic carbocycles. The van der Waals surface area contributed by atoms with Gasteiger partial charge in [-0.15, -0.1) is 0 Å². The SMILES string of the molecule is [S-2].[S-2].[S-2].[Sm+3].[Sm+3]. The third-order valence-electron chi connectivity index (χ3n) is 0. The maximum Gasteiger partial charge on any atom is 3.00 e. The summed E-state index contributed by atoms with van der Waals surface area (Å²) in [6.07, 6.45) is 0. The summed E-state index contributed by atoms with van der Waals surface area (Å²) in [4.78, 5) is 0. The van der Waals surface area contributed by atoms with Gasteiger partial charge in [0, 0.05) is 0 Å². The summed E-state index contributed by atoms with van der Waals surface area (Å²) in [5.41, 5.74) is 0. The minimum absolute atomic E-state index is 0. The molecule has 0 fully saturated rings. The molecule has 5 heteroatoms. The normalized spacial score (nSPS) is 0. The van der Waals surface area contributed by atoms with E-state index < -0.39 is 0 Å². The molecular weight excluding hydrogens is 397 g/mol. The van der Waals surface area contributed by atoms with Crippen LogP contribution in [0.4, 0.5) is 0 Å². The van der Waals surface area contributed by atoms with Crippen LogP contribution < -0.4 is 0 Å². The van der Waals surface area contributed by atoms with Gasteiger partial charge in [-0.2, -0.15) is 0 Å². The molecule has 0 aliphatic heterocycles. The fourth-order valence-electron chi connectivity index (χ4n) is 0. The minimum atomic E-state index is 0. The van der Waals surface area contributed by atoms with Gasteiger partial charge in [0.15, 0.2) is 0 Å². The van der Waals surface area contributed by atoms with Crippen LogP contribution in [0.1, 0.15) is 0 Å². The Kier molecular flexibility index (Phi) is 189. The Bertz CT molecular complexity index is 4.85. The zero-order valence-electron chi connectivity index (χ0n) is 2.04. The monoisotopic (exact) mass is 400 g/mol. The van der Waals surface area contributed by atoms with E-state index in [1.165, 1.54) is 0 Å². The van der Waals surface area contributed by atoms with Crippen LogP contribution in [0, 0.1) is 80.8 Å². The molecule has 0 aromatic heterocycles. The zero-order valence-corrected chi connectivity index (χ0v) is 9.73. The van der Waals surface area contributed by atoms with Crippen molar-refractivity contribution in [2.24, 2.45) is 0 Å². The van der Waals surface area contributed by atoms with Crippen LogP contribution >= 0.6 is 0 Å². The molecule has 5 heavy (non-hydrogen) atoms. The molecule has 0 heterocycles. The summed E-state index contributed by atoms with van der Waals surface area (Å²) in [6, 6.07) is 0. The van der Waals surface area contributed by atoms with Crippen LogP contribution in [0.25, 0.3) is 0 Å². The standard InChI is InChI=1S/3S.2Sm/q3*-2;2*+3. The molecule has 0 atom stereocenters. The summed E-state index contributed by atoms with van der Waals surface area (Å²) in [6.45, 7) is 0. The van der Waals surface area contributed by atoms with E-state index in [1.807, 2.05) is 0 Å². The van der Waals surface area contributed by atoms with E-state index in [1.54, 1.807) is 0 Å². The smallest absolute Gasteiger partial charge is 2.00 e. The summed E-state index contributed by atoms with van der Waals surface area (Å²) in [7, 11) is 0. The minimum Gasteiger partial charge on any atom is -2.00 e. The summed E-state index contributed by atoms with van der Waals surface area (Å²) in [5.74, 6) is 0. The Labute approximate surface area is 118 Å². The van der Waals surface area contributed by atoms with Gasteiger partial charge < -0.3 is 40.5 Å². The average Bonchev–Trinajstić information content (AvgIpc) is 0. The third kappa shape index (κ3) is 18.2. The molecule has 2 radical (unpaired) electrons. The van der Waals surface area contributed by atoms with Gasteiger partial charge in [0.25, 0.3) is 0 Å². The van der Waals surface area contributed by atoms with E-state index in [4.69, 9.17) is 0 Å². The van der Waals surface area contributed by atoms with E-state index in [0.29, 0.717) is 0 Å². The van der Waals surface area contributed by atoms with Gasteiger partial charge in [-0.05, 0) is 0 Å². The van der Waals surface area contributed by atoms with Crippen LogP contribution in [0.5, 0.6) is 0 Å². The van der Waals surface area contributed by atoms with Gasteiger partial charge >= 0.3 is 80.8 Å². The van der Waals surface area contributed by atoms with Crippen molar-refractivity contribution in [3.63, 3.8) is 0 Å². The van der Waals surface area contributed by atoms with Crippen molar-refractivity contribution in [1.29, 1.82) is 0 Å². The molecule has 0 rings (SSSR count). The van der Waals surface area contributed by atoms with Crippen molar-refractivity contribution >= 4 is 40.5 Å². The van der Waals surface area contributed by atoms with Gasteiger partial charge in [0.1, 0.15) is 0 Å². The first-order chi connectivity index (χ1) is 0. The molecule has 0 spiro atoms. The quantitative estimate of drug-likeness (QED) is 0.540. The second-order valence-electron chi connectivity index (χ2n) is 0. The van der Waals surface area contributed by atoms with Gasteiger partial charge in [0.05, 0.1) is 0 Å². The fourth-order valence-corrected chi connectivity index (χ4v) is 0. The van der Waals surface area contributed by atoms with E-state index >= 15 is 0 Å². The Morgan fingerprint density at radius 1 is 0.400 bits per heavy atom. The molecule has 0 amide bonds. The summed E-state index contributed by atoms with van der Waals surface area (Å²) >= 11 is 0. The van der Waals surface area contributed by atoms with Crippen molar-refractivity contribution in [2.45, 2.75) is 0 Å². The van der Waals surface area contributed by atoms with Crippen molar-refractivity contribution in [3.8, 4) is 0 Å². The molecule has 0 saturated heterocycles. The summed E-state index contributed by atoms with van der Waals surface area (Å²) < 4.78 is 0. The van der Waals surface area contributed by atoms with Crippen LogP contribution in [-0.2, 0) is 40.5 Å².